The number of carbonyl (C=O) groups excluding carboxylic acids is 1. The van der Waals surface area contributed by atoms with E-state index in [1.165, 1.54) is 37.7 Å². The average Bonchev–Trinajstić information content (AvgIpc) is 2.46. The molecule has 21 heavy (non-hydrogen) atoms. The van der Waals surface area contributed by atoms with Crippen LogP contribution in [0.4, 0.5) is 0 Å². The lowest BCUT2D eigenvalue weighted by atomic mass is 10.1. The van der Waals surface area contributed by atoms with E-state index in [2.05, 4.69) is 17.5 Å². The zero-order chi connectivity index (χ0) is 15.3. The Morgan fingerprint density at radius 1 is 1.14 bits per heavy atom. The minimum absolute atomic E-state index is 0.00691. The highest BCUT2D eigenvalue weighted by molar-refractivity contribution is 5.82. The molecule has 3 heteroatoms. The van der Waals surface area contributed by atoms with E-state index in [4.69, 9.17) is 0 Å². The Kier molecular flexibility index (Phi) is 9.18. The van der Waals surface area contributed by atoms with E-state index < -0.39 is 0 Å². The van der Waals surface area contributed by atoms with Gasteiger partial charge in [-0.2, -0.15) is 5.10 Å². The molecule has 1 aromatic carbocycles. The van der Waals surface area contributed by atoms with Crippen molar-refractivity contribution in [2.75, 3.05) is 0 Å². The Labute approximate surface area is 128 Å². The van der Waals surface area contributed by atoms with Crippen molar-refractivity contribution in [2.24, 2.45) is 5.10 Å². The second kappa shape index (κ2) is 11.1. The molecule has 0 unspecified atom stereocenters. The van der Waals surface area contributed by atoms with Crippen LogP contribution < -0.4 is 5.43 Å². The van der Waals surface area contributed by atoms with Crippen molar-refractivity contribution in [3.63, 3.8) is 0 Å². The number of amides is 1. The second-order valence-corrected chi connectivity index (χ2v) is 5.58. The fraction of sp³-hybridized carbons (Fsp3) is 0.556. The van der Waals surface area contributed by atoms with Gasteiger partial charge in [0.15, 0.2) is 0 Å². The summed E-state index contributed by atoms with van der Waals surface area (Å²) in [5.41, 5.74) is 4.79. The first-order valence-corrected chi connectivity index (χ1v) is 8.11. The topological polar surface area (TPSA) is 41.5 Å². The summed E-state index contributed by atoms with van der Waals surface area (Å²) in [5, 5.41) is 4.00. The highest BCUT2D eigenvalue weighted by Crippen LogP contribution is 2.08. The average molecular weight is 288 g/mol. The van der Waals surface area contributed by atoms with E-state index in [0.29, 0.717) is 6.42 Å². The molecule has 1 rings (SSSR count). The molecule has 0 fully saturated rings. The number of hydrogen-bond donors (Lipinski definition) is 1. The molecule has 116 valence electrons. The van der Waals surface area contributed by atoms with E-state index in [1.807, 2.05) is 31.2 Å². The molecule has 0 saturated carbocycles. The standard InChI is InChI=1S/C18H28N2O/c1-3-4-5-6-7-8-9-13-18(21)20-19-15-17-12-10-11-16(2)14-17/h10-12,14-15H,3-9,13H2,1-2H3,(H,20,21)/b19-15+. The van der Waals surface area contributed by atoms with Crippen LogP contribution in [0.15, 0.2) is 29.4 Å². The number of rotatable bonds is 10. The summed E-state index contributed by atoms with van der Waals surface area (Å²) in [4.78, 5) is 11.6. The van der Waals surface area contributed by atoms with E-state index in [0.717, 1.165) is 18.4 Å². The van der Waals surface area contributed by atoms with Crippen LogP contribution in [-0.4, -0.2) is 12.1 Å². The van der Waals surface area contributed by atoms with Gasteiger partial charge >= 0.3 is 0 Å². The Hall–Kier alpha value is -1.64. The third kappa shape index (κ3) is 9.01. The van der Waals surface area contributed by atoms with E-state index >= 15 is 0 Å². The van der Waals surface area contributed by atoms with Crippen molar-refractivity contribution in [3.8, 4) is 0 Å². The van der Waals surface area contributed by atoms with E-state index in [9.17, 15) is 4.79 Å². The number of unbranched alkanes of at least 4 members (excludes halogenated alkanes) is 6. The van der Waals surface area contributed by atoms with Crippen molar-refractivity contribution < 1.29 is 4.79 Å². The summed E-state index contributed by atoms with van der Waals surface area (Å²) >= 11 is 0. The SMILES string of the molecule is CCCCCCCCCC(=O)N/N=C/c1cccc(C)c1. The largest absolute Gasteiger partial charge is 0.273 e. The summed E-state index contributed by atoms with van der Waals surface area (Å²) in [6.45, 7) is 4.26. The normalized spacial score (nSPS) is 11.0. The molecule has 1 aromatic rings. The number of nitrogens with one attached hydrogen (secondary N) is 1. The minimum Gasteiger partial charge on any atom is -0.273 e. The summed E-state index contributed by atoms with van der Waals surface area (Å²) in [6, 6.07) is 8.03. The number of benzene rings is 1. The summed E-state index contributed by atoms with van der Waals surface area (Å²) in [5.74, 6) is 0.00691. The first kappa shape index (κ1) is 17.4. The van der Waals surface area contributed by atoms with E-state index in [-0.39, 0.29) is 5.91 Å². The van der Waals surface area contributed by atoms with Crippen LogP contribution in [0, 0.1) is 6.92 Å². The monoisotopic (exact) mass is 288 g/mol. The zero-order valence-electron chi connectivity index (χ0n) is 13.4. The highest BCUT2D eigenvalue weighted by atomic mass is 16.2. The first-order chi connectivity index (χ1) is 10.2. The van der Waals surface area contributed by atoms with Crippen molar-refractivity contribution in [3.05, 3.63) is 35.4 Å². The second-order valence-electron chi connectivity index (χ2n) is 5.58. The molecule has 1 amide bonds. The number of hydrazone groups is 1. The lowest BCUT2D eigenvalue weighted by Crippen LogP contribution is -2.16. The van der Waals surface area contributed by atoms with Crippen LogP contribution in [0.5, 0.6) is 0 Å². The van der Waals surface area contributed by atoms with Gasteiger partial charge in [-0.05, 0) is 18.9 Å². The predicted molar refractivity (Wildman–Crippen MR) is 89.5 cm³/mol. The van der Waals surface area contributed by atoms with Crippen LogP contribution >= 0.6 is 0 Å². The Morgan fingerprint density at radius 3 is 2.57 bits per heavy atom. The van der Waals surface area contributed by atoms with Crippen molar-refractivity contribution in [1.29, 1.82) is 0 Å². The molecule has 0 heterocycles. The molecule has 0 aliphatic heterocycles. The number of aryl methyl sites for hydroxylation is 1. The molecule has 0 aliphatic rings. The quantitative estimate of drug-likeness (QED) is 0.382. The van der Waals surface area contributed by atoms with Crippen molar-refractivity contribution >= 4 is 12.1 Å². The molecular formula is C18H28N2O. The Bertz CT molecular complexity index is 441. The van der Waals surface area contributed by atoms with Crippen LogP contribution in [-0.2, 0) is 4.79 Å². The maximum Gasteiger partial charge on any atom is 0.240 e. The third-order valence-electron chi connectivity index (χ3n) is 3.45. The lowest BCUT2D eigenvalue weighted by molar-refractivity contribution is -0.121. The molecule has 0 radical (unpaired) electrons. The van der Waals surface area contributed by atoms with Gasteiger partial charge in [0.2, 0.25) is 5.91 Å². The van der Waals surface area contributed by atoms with Gasteiger partial charge in [0.05, 0.1) is 6.21 Å². The summed E-state index contributed by atoms with van der Waals surface area (Å²) < 4.78 is 0. The molecule has 0 bridgehead atoms. The number of nitrogens with zero attached hydrogens (tertiary/aromatic N) is 1. The maximum atomic E-state index is 11.6. The number of carbonyl (C=O) groups is 1. The van der Waals surface area contributed by atoms with Gasteiger partial charge in [-0.15, -0.1) is 0 Å². The molecule has 0 atom stereocenters. The van der Waals surface area contributed by atoms with Crippen LogP contribution in [0.25, 0.3) is 0 Å². The van der Waals surface area contributed by atoms with Crippen LogP contribution in [0.1, 0.15) is 69.4 Å². The van der Waals surface area contributed by atoms with Gasteiger partial charge < -0.3 is 0 Å². The molecule has 3 nitrogen and oxygen atoms in total. The molecule has 1 N–H and O–H groups in total. The van der Waals surface area contributed by atoms with Gasteiger partial charge in [-0.25, -0.2) is 5.43 Å². The van der Waals surface area contributed by atoms with Gasteiger partial charge in [0.1, 0.15) is 0 Å². The number of hydrogen-bond acceptors (Lipinski definition) is 2. The minimum atomic E-state index is 0.00691. The van der Waals surface area contributed by atoms with Gasteiger partial charge in [0.25, 0.3) is 0 Å². The van der Waals surface area contributed by atoms with Crippen molar-refractivity contribution in [2.45, 2.75) is 65.2 Å². The van der Waals surface area contributed by atoms with Gasteiger partial charge in [0, 0.05) is 6.42 Å². The fourth-order valence-corrected chi connectivity index (χ4v) is 2.23. The zero-order valence-corrected chi connectivity index (χ0v) is 13.4. The van der Waals surface area contributed by atoms with Crippen molar-refractivity contribution in [1.82, 2.24) is 5.43 Å². The maximum absolute atomic E-state index is 11.6. The molecule has 0 aromatic heterocycles. The summed E-state index contributed by atoms with van der Waals surface area (Å²) in [6.07, 6.45) is 10.8. The molecule has 0 saturated heterocycles. The van der Waals surface area contributed by atoms with Gasteiger partial charge in [-0.3, -0.25) is 4.79 Å². The van der Waals surface area contributed by atoms with Crippen LogP contribution in [0.2, 0.25) is 0 Å². The Morgan fingerprint density at radius 2 is 1.86 bits per heavy atom. The highest BCUT2D eigenvalue weighted by Gasteiger charge is 1.99. The molecule has 0 spiro atoms. The predicted octanol–water partition coefficient (Wildman–Crippen LogP) is 4.59. The lowest BCUT2D eigenvalue weighted by Gasteiger charge is -2.01. The van der Waals surface area contributed by atoms with Crippen LogP contribution in [0.3, 0.4) is 0 Å². The summed E-state index contributed by atoms with van der Waals surface area (Å²) in [7, 11) is 0. The fourth-order valence-electron chi connectivity index (χ4n) is 2.23. The third-order valence-corrected chi connectivity index (χ3v) is 3.45. The smallest absolute Gasteiger partial charge is 0.240 e. The van der Waals surface area contributed by atoms with E-state index in [1.54, 1.807) is 6.21 Å². The molecule has 0 aliphatic carbocycles. The Balaban J connectivity index is 2.08. The first-order valence-electron chi connectivity index (χ1n) is 8.11. The molecular weight excluding hydrogens is 260 g/mol. The van der Waals surface area contributed by atoms with Gasteiger partial charge in [-0.1, -0.05) is 75.3 Å².